The highest BCUT2D eigenvalue weighted by atomic mass is 16.5. The number of ether oxygens (including phenoxy) is 1. The topological polar surface area (TPSA) is 66.8 Å². The Hall–Kier alpha value is -0.610. The maximum Gasteiger partial charge on any atom is 0.308 e. The molecule has 0 aromatic heterocycles. The fourth-order valence-electron chi connectivity index (χ4n) is 1.01. The molecule has 13 heavy (non-hydrogen) atoms. The number of esters is 1. The summed E-state index contributed by atoms with van der Waals surface area (Å²) in [7, 11) is 0. The molecule has 0 radical (unpaired) electrons. The lowest BCUT2D eigenvalue weighted by molar-refractivity contribution is -0.145. The van der Waals surface area contributed by atoms with Gasteiger partial charge >= 0.3 is 5.97 Å². The van der Waals surface area contributed by atoms with E-state index in [4.69, 9.17) is 5.11 Å². The third-order valence-electron chi connectivity index (χ3n) is 1.65. The van der Waals surface area contributed by atoms with Gasteiger partial charge in [-0.15, -0.1) is 0 Å². The molecule has 0 aliphatic rings. The molecule has 0 saturated heterocycles. The molecule has 0 heterocycles. The maximum atomic E-state index is 10.9. The van der Waals surface area contributed by atoms with Crippen LogP contribution in [-0.4, -0.2) is 35.5 Å². The van der Waals surface area contributed by atoms with E-state index >= 15 is 0 Å². The Kier molecular flexibility index (Phi) is 7.63. The van der Waals surface area contributed by atoms with E-state index in [9.17, 15) is 9.90 Å². The van der Waals surface area contributed by atoms with Gasteiger partial charge in [0.25, 0.3) is 0 Å². The van der Waals surface area contributed by atoms with Crippen LogP contribution in [-0.2, 0) is 9.53 Å². The lowest BCUT2D eigenvalue weighted by Crippen LogP contribution is -2.15. The van der Waals surface area contributed by atoms with Crippen LogP contribution >= 0.6 is 0 Å². The molecule has 0 spiro atoms. The molecule has 0 aliphatic carbocycles. The van der Waals surface area contributed by atoms with Crippen LogP contribution in [0.4, 0.5) is 0 Å². The van der Waals surface area contributed by atoms with Gasteiger partial charge in [0.2, 0.25) is 0 Å². The minimum atomic E-state index is -0.634. The van der Waals surface area contributed by atoms with Crippen molar-refractivity contribution in [1.82, 2.24) is 0 Å². The molecular weight excluding hydrogens is 172 g/mol. The smallest absolute Gasteiger partial charge is 0.308 e. The van der Waals surface area contributed by atoms with Crippen molar-refractivity contribution in [1.29, 1.82) is 0 Å². The third-order valence-corrected chi connectivity index (χ3v) is 1.65. The van der Waals surface area contributed by atoms with Crippen molar-refractivity contribution >= 4 is 5.97 Å². The quantitative estimate of drug-likeness (QED) is 0.452. The van der Waals surface area contributed by atoms with Crippen LogP contribution < -0.4 is 0 Å². The lowest BCUT2D eigenvalue weighted by Gasteiger charge is -2.08. The van der Waals surface area contributed by atoms with Crippen LogP contribution in [0.5, 0.6) is 0 Å². The van der Waals surface area contributed by atoms with Gasteiger partial charge in [0.05, 0.1) is 19.1 Å². The van der Waals surface area contributed by atoms with E-state index in [0.717, 1.165) is 6.42 Å². The first-order valence-electron chi connectivity index (χ1n) is 4.65. The predicted octanol–water partition coefficient (Wildman–Crippen LogP) is 0.463. The van der Waals surface area contributed by atoms with E-state index in [2.05, 4.69) is 4.74 Å². The standard InChI is InChI=1S/C9H18O4/c1-2-13-9(12)7-8(11)5-3-4-6-10/h8,10-11H,2-7H2,1H3/t8-/m1/s1. The number of aliphatic hydroxyl groups excluding tert-OH is 2. The number of hydrogen-bond donors (Lipinski definition) is 2. The van der Waals surface area contributed by atoms with Crippen molar-refractivity contribution in [2.24, 2.45) is 0 Å². The molecule has 0 saturated carbocycles. The molecule has 0 aliphatic heterocycles. The van der Waals surface area contributed by atoms with Gasteiger partial charge in [-0.25, -0.2) is 0 Å². The van der Waals surface area contributed by atoms with E-state index < -0.39 is 6.10 Å². The van der Waals surface area contributed by atoms with Crippen molar-refractivity contribution < 1.29 is 19.7 Å². The van der Waals surface area contributed by atoms with E-state index in [0.29, 0.717) is 19.4 Å². The van der Waals surface area contributed by atoms with Crippen LogP contribution in [0.2, 0.25) is 0 Å². The molecule has 4 nitrogen and oxygen atoms in total. The van der Waals surface area contributed by atoms with Gasteiger partial charge in [0.15, 0.2) is 0 Å². The molecule has 0 fully saturated rings. The summed E-state index contributed by atoms with van der Waals surface area (Å²) in [5.74, 6) is -0.362. The van der Waals surface area contributed by atoms with E-state index in [-0.39, 0.29) is 19.0 Å². The molecule has 0 unspecified atom stereocenters. The van der Waals surface area contributed by atoms with Gasteiger partial charge in [0, 0.05) is 6.61 Å². The molecular formula is C9H18O4. The maximum absolute atomic E-state index is 10.9. The molecule has 0 bridgehead atoms. The van der Waals surface area contributed by atoms with Gasteiger partial charge in [-0.1, -0.05) is 0 Å². The average molecular weight is 190 g/mol. The van der Waals surface area contributed by atoms with Crippen LogP contribution in [0.25, 0.3) is 0 Å². The number of unbranched alkanes of at least 4 members (excludes halogenated alkanes) is 1. The van der Waals surface area contributed by atoms with Crippen molar-refractivity contribution in [3.8, 4) is 0 Å². The Morgan fingerprint density at radius 1 is 1.46 bits per heavy atom. The van der Waals surface area contributed by atoms with Crippen LogP contribution in [0.3, 0.4) is 0 Å². The van der Waals surface area contributed by atoms with E-state index in [1.807, 2.05) is 0 Å². The van der Waals surface area contributed by atoms with Crippen LogP contribution in [0.15, 0.2) is 0 Å². The summed E-state index contributed by atoms with van der Waals surface area (Å²) >= 11 is 0. The number of carbonyl (C=O) groups excluding carboxylic acids is 1. The molecule has 0 aromatic rings. The first-order chi connectivity index (χ1) is 6.20. The summed E-state index contributed by atoms with van der Waals surface area (Å²) in [6.07, 6.45) is 1.36. The minimum Gasteiger partial charge on any atom is -0.466 e. The molecule has 0 rings (SSSR count). The number of aliphatic hydroxyl groups is 2. The Morgan fingerprint density at radius 2 is 2.15 bits per heavy atom. The van der Waals surface area contributed by atoms with Gasteiger partial charge in [-0.2, -0.15) is 0 Å². The summed E-state index contributed by atoms with van der Waals surface area (Å²) in [4.78, 5) is 10.9. The SMILES string of the molecule is CCOC(=O)C[C@H](O)CCCCO. The van der Waals surface area contributed by atoms with E-state index in [1.165, 1.54) is 0 Å². The second-order valence-electron chi connectivity index (χ2n) is 2.88. The highest BCUT2D eigenvalue weighted by molar-refractivity contribution is 5.69. The minimum absolute atomic E-state index is 0.0548. The van der Waals surface area contributed by atoms with Crippen molar-refractivity contribution in [3.05, 3.63) is 0 Å². The zero-order chi connectivity index (χ0) is 10.1. The second kappa shape index (κ2) is 8.01. The predicted molar refractivity (Wildman–Crippen MR) is 48.2 cm³/mol. The lowest BCUT2D eigenvalue weighted by atomic mass is 10.1. The number of carbonyl (C=O) groups is 1. The molecule has 0 aromatic carbocycles. The number of hydrogen-bond acceptors (Lipinski definition) is 4. The van der Waals surface area contributed by atoms with Gasteiger partial charge < -0.3 is 14.9 Å². The van der Waals surface area contributed by atoms with Crippen molar-refractivity contribution in [2.75, 3.05) is 13.2 Å². The van der Waals surface area contributed by atoms with Gasteiger partial charge in [-0.05, 0) is 26.2 Å². The molecule has 78 valence electrons. The first-order valence-corrected chi connectivity index (χ1v) is 4.65. The van der Waals surface area contributed by atoms with Crippen LogP contribution in [0.1, 0.15) is 32.6 Å². The highest BCUT2D eigenvalue weighted by Crippen LogP contribution is 2.04. The summed E-state index contributed by atoms with van der Waals surface area (Å²) in [6.45, 7) is 2.21. The fourth-order valence-corrected chi connectivity index (χ4v) is 1.01. The molecule has 2 N–H and O–H groups in total. The van der Waals surface area contributed by atoms with Crippen LogP contribution in [0, 0.1) is 0 Å². The number of rotatable bonds is 7. The zero-order valence-corrected chi connectivity index (χ0v) is 8.03. The summed E-state index contributed by atoms with van der Waals surface area (Å²) in [5, 5.41) is 17.8. The van der Waals surface area contributed by atoms with Gasteiger partial charge in [0.1, 0.15) is 0 Å². The zero-order valence-electron chi connectivity index (χ0n) is 8.03. The first kappa shape index (κ1) is 12.4. The summed E-state index contributed by atoms with van der Waals surface area (Å²) < 4.78 is 4.67. The van der Waals surface area contributed by atoms with Crippen molar-refractivity contribution in [3.63, 3.8) is 0 Å². The molecule has 4 heteroatoms. The molecule has 1 atom stereocenters. The average Bonchev–Trinajstić information content (AvgIpc) is 2.05. The highest BCUT2D eigenvalue weighted by Gasteiger charge is 2.10. The normalized spacial score (nSPS) is 12.5. The molecule has 0 amide bonds. The fraction of sp³-hybridized carbons (Fsp3) is 0.889. The Labute approximate surface area is 78.5 Å². The Morgan fingerprint density at radius 3 is 2.69 bits per heavy atom. The van der Waals surface area contributed by atoms with Crippen molar-refractivity contribution in [2.45, 2.75) is 38.7 Å². The van der Waals surface area contributed by atoms with E-state index in [1.54, 1.807) is 6.92 Å². The third kappa shape index (κ3) is 7.74. The summed E-state index contributed by atoms with van der Waals surface area (Å²) in [5.41, 5.74) is 0. The Balaban J connectivity index is 3.38. The monoisotopic (exact) mass is 190 g/mol. The summed E-state index contributed by atoms with van der Waals surface area (Å²) in [6, 6.07) is 0. The Bertz CT molecular complexity index is 136. The van der Waals surface area contributed by atoms with Gasteiger partial charge in [-0.3, -0.25) is 4.79 Å². The largest absolute Gasteiger partial charge is 0.466 e. The second-order valence-corrected chi connectivity index (χ2v) is 2.88.